The SMILES string of the molecule is CCCCCCCCCCCCOCc1cn(C2CC(N=[N+]=[N-])C(CO)O2)c(=O)[nH]c1=O. The van der Waals surface area contributed by atoms with Crippen LogP contribution in [0.25, 0.3) is 10.4 Å². The molecule has 1 aliphatic heterocycles. The standard InChI is InChI=1S/C22H37N5O5/c1-2-3-4-5-6-7-8-9-10-11-12-31-16-17-14-27(22(30)24-21(17)29)20-13-18(25-26-23)19(15-28)32-20/h14,18-20,28H,2-13,15-16H2,1H3,(H,24,29,30). The Bertz CT molecular complexity index is 833. The van der Waals surface area contributed by atoms with Gasteiger partial charge in [-0.15, -0.1) is 0 Å². The molecule has 0 spiro atoms. The zero-order valence-electron chi connectivity index (χ0n) is 19.1. The maximum Gasteiger partial charge on any atom is 0.330 e. The number of hydrogen-bond donors (Lipinski definition) is 2. The van der Waals surface area contributed by atoms with E-state index in [0.29, 0.717) is 12.2 Å². The molecule has 32 heavy (non-hydrogen) atoms. The zero-order chi connectivity index (χ0) is 23.2. The molecule has 0 saturated carbocycles. The first-order valence-electron chi connectivity index (χ1n) is 11.8. The molecule has 3 atom stereocenters. The first-order valence-corrected chi connectivity index (χ1v) is 11.8. The second kappa shape index (κ2) is 14.8. The summed E-state index contributed by atoms with van der Waals surface area (Å²) in [5, 5.41) is 13.0. The number of azide groups is 1. The van der Waals surface area contributed by atoms with Crippen LogP contribution in [-0.2, 0) is 16.1 Å². The van der Waals surface area contributed by atoms with Gasteiger partial charge in [0.15, 0.2) is 0 Å². The Hall–Kier alpha value is -2.13. The Labute approximate surface area is 188 Å². The van der Waals surface area contributed by atoms with Gasteiger partial charge in [0.1, 0.15) is 6.23 Å². The van der Waals surface area contributed by atoms with Crippen LogP contribution in [-0.4, -0.2) is 40.0 Å². The number of ether oxygens (including phenoxy) is 2. The van der Waals surface area contributed by atoms with Crippen LogP contribution in [0.3, 0.4) is 0 Å². The third-order valence-electron chi connectivity index (χ3n) is 5.84. The number of aliphatic hydroxyl groups excluding tert-OH is 1. The van der Waals surface area contributed by atoms with Crippen LogP contribution in [0.15, 0.2) is 20.9 Å². The smallest absolute Gasteiger partial charge is 0.330 e. The lowest BCUT2D eigenvalue weighted by Crippen LogP contribution is -2.34. The van der Waals surface area contributed by atoms with Crippen molar-refractivity contribution < 1.29 is 14.6 Å². The Balaban J connectivity index is 1.74. The van der Waals surface area contributed by atoms with Crippen molar-refractivity contribution in [3.8, 4) is 0 Å². The van der Waals surface area contributed by atoms with Crippen LogP contribution in [0.1, 0.15) is 89.3 Å². The second-order valence-electron chi connectivity index (χ2n) is 8.38. The van der Waals surface area contributed by atoms with Crippen LogP contribution in [0.4, 0.5) is 0 Å². The van der Waals surface area contributed by atoms with E-state index in [2.05, 4.69) is 21.9 Å². The van der Waals surface area contributed by atoms with Gasteiger partial charge < -0.3 is 14.6 Å². The summed E-state index contributed by atoms with van der Waals surface area (Å²) in [5.41, 5.74) is 7.89. The lowest BCUT2D eigenvalue weighted by molar-refractivity contribution is -0.0274. The van der Waals surface area contributed by atoms with Gasteiger partial charge in [-0.05, 0) is 12.0 Å². The number of unbranched alkanes of at least 4 members (excludes halogenated alkanes) is 9. The molecule has 3 unspecified atom stereocenters. The number of hydrogen-bond acceptors (Lipinski definition) is 6. The molecule has 0 aromatic carbocycles. The lowest BCUT2D eigenvalue weighted by Gasteiger charge is -2.15. The molecule has 0 amide bonds. The molecule has 1 aliphatic rings. The monoisotopic (exact) mass is 451 g/mol. The van der Waals surface area contributed by atoms with Crippen molar-refractivity contribution in [3.63, 3.8) is 0 Å². The van der Waals surface area contributed by atoms with Crippen molar-refractivity contribution in [2.75, 3.05) is 13.2 Å². The summed E-state index contributed by atoms with van der Waals surface area (Å²) in [7, 11) is 0. The Kier molecular flexibility index (Phi) is 12.1. The molecule has 0 aliphatic carbocycles. The van der Waals surface area contributed by atoms with Crippen molar-refractivity contribution in [2.24, 2.45) is 5.11 Å². The largest absolute Gasteiger partial charge is 0.394 e. The van der Waals surface area contributed by atoms with E-state index >= 15 is 0 Å². The number of nitrogens with zero attached hydrogens (tertiary/aromatic N) is 4. The minimum absolute atomic E-state index is 0.100. The highest BCUT2D eigenvalue weighted by atomic mass is 16.5. The van der Waals surface area contributed by atoms with Crippen molar-refractivity contribution in [3.05, 3.63) is 43.0 Å². The molecular formula is C22H37N5O5. The van der Waals surface area contributed by atoms with E-state index in [-0.39, 0.29) is 19.6 Å². The molecule has 2 rings (SSSR count). The van der Waals surface area contributed by atoms with Crippen LogP contribution >= 0.6 is 0 Å². The van der Waals surface area contributed by atoms with E-state index in [1.54, 1.807) is 0 Å². The van der Waals surface area contributed by atoms with Crippen LogP contribution < -0.4 is 11.2 Å². The van der Waals surface area contributed by atoms with E-state index in [9.17, 15) is 14.7 Å². The fraction of sp³-hybridized carbons (Fsp3) is 0.818. The van der Waals surface area contributed by atoms with E-state index in [1.807, 2.05) is 0 Å². The summed E-state index contributed by atoms with van der Waals surface area (Å²) in [5.74, 6) is 0. The highest BCUT2D eigenvalue weighted by molar-refractivity contribution is 5.04. The third-order valence-corrected chi connectivity index (χ3v) is 5.84. The molecule has 1 fully saturated rings. The average Bonchev–Trinajstić information content (AvgIpc) is 3.18. The summed E-state index contributed by atoms with van der Waals surface area (Å²) >= 11 is 0. The van der Waals surface area contributed by atoms with E-state index < -0.39 is 29.6 Å². The fourth-order valence-corrected chi connectivity index (χ4v) is 3.96. The second-order valence-corrected chi connectivity index (χ2v) is 8.38. The summed E-state index contributed by atoms with van der Waals surface area (Å²) in [6.45, 7) is 2.56. The number of rotatable bonds is 16. The first kappa shape index (κ1) is 26.1. The zero-order valence-corrected chi connectivity index (χ0v) is 19.1. The Morgan fingerprint density at radius 3 is 2.47 bits per heavy atom. The molecule has 2 heterocycles. The number of aliphatic hydroxyl groups is 1. The number of aromatic amines is 1. The molecule has 1 saturated heterocycles. The van der Waals surface area contributed by atoms with Gasteiger partial charge in [0, 0.05) is 24.1 Å². The molecule has 2 N–H and O–H groups in total. The minimum Gasteiger partial charge on any atom is -0.394 e. The highest BCUT2D eigenvalue weighted by Crippen LogP contribution is 2.29. The van der Waals surface area contributed by atoms with Gasteiger partial charge in [-0.3, -0.25) is 14.3 Å². The van der Waals surface area contributed by atoms with E-state index in [4.69, 9.17) is 15.0 Å². The molecule has 0 bridgehead atoms. The van der Waals surface area contributed by atoms with Gasteiger partial charge in [0.2, 0.25) is 0 Å². The normalized spacial score (nSPS) is 20.4. The van der Waals surface area contributed by atoms with Gasteiger partial charge in [0.25, 0.3) is 5.56 Å². The van der Waals surface area contributed by atoms with Crippen LogP contribution in [0, 0.1) is 0 Å². The van der Waals surface area contributed by atoms with Crippen molar-refractivity contribution in [2.45, 2.75) is 103 Å². The van der Waals surface area contributed by atoms with Crippen molar-refractivity contribution >= 4 is 0 Å². The minimum atomic E-state index is -0.729. The first-order chi connectivity index (χ1) is 15.6. The Morgan fingerprint density at radius 2 is 1.84 bits per heavy atom. The molecule has 1 aromatic rings. The molecule has 1 aromatic heterocycles. The summed E-state index contributed by atoms with van der Waals surface area (Å²) < 4.78 is 12.5. The molecular weight excluding hydrogens is 414 g/mol. The van der Waals surface area contributed by atoms with E-state index in [0.717, 1.165) is 12.8 Å². The molecule has 0 radical (unpaired) electrons. The van der Waals surface area contributed by atoms with Crippen molar-refractivity contribution in [1.82, 2.24) is 9.55 Å². The maximum atomic E-state index is 12.2. The molecule has 180 valence electrons. The van der Waals surface area contributed by atoms with Crippen LogP contribution in [0.5, 0.6) is 0 Å². The van der Waals surface area contributed by atoms with Crippen molar-refractivity contribution in [1.29, 1.82) is 0 Å². The fourth-order valence-electron chi connectivity index (χ4n) is 3.96. The summed E-state index contributed by atoms with van der Waals surface area (Å²) in [6, 6.07) is -0.579. The van der Waals surface area contributed by atoms with Gasteiger partial charge in [-0.2, -0.15) is 0 Å². The maximum absolute atomic E-state index is 12.2. The number of aromatic nitrogens is 2. The summed E-state index contributed by atoms with van der Waals surface area (Å²) in [4.78, 5) is 29.4. The van der Waals surface area contributed by atoms with Gasteiger partial charge >= 0.3 is 5.69 Å². The number of nitrogens with one attached hydrogen (secondary N) is 1. The highest BCUT2D eigenvalue weighted by Gasteiger charge is 2.35. The third kappa shape index (κ3) is 8.43. The average molecular weight is 452 g/mol. The van der Waals surface area contributed by atoms with Gasteiger partial charge in [-0.25, -0.2) is 4.79 Å². The predicted molar refractivity (Wildman–Crippen MR) is 121 cm³/mol. The number of H-pyrrole nitrogens is 1. The molecule has 10 nitrogen and oxygen atoms in total. The lowest BCUT2D eigenvalue weighted by atomic mass is 10.1. The van der Waals surface area contributed by atoms with E-state index in [1.165, 1.54) is 62.1 Å². The van der Waals surface area contributed by atoms with Gasteiger partial charge in [0.05, 0.1) is 30.9 Å². The quantitative estimate of drug-likeness (QED) is 0.169. The Morgan fingerprint density at radius 1 is 1.19 bits per heavy atom. The summed E-state index contributed by atoms with van der Waals surface area (Å²) in [6.07, 6.45) is 12.7. The molecule has 10 heteroatoms. The topological polar surface area (TPSA) is 142 Å². The van der Waals surface area contributed by atoms with Crippen LogP contribution in [0.2, 0.25) is 0 Å². The predicted octanol–water partition coefficient (Wildman–Crippen LogP) is 3.93. The van der Waals surface area contributed by atoms with Gasteiger partial charge in [-0.1, -0.05) is 69.8 Å².